The van der Waals surface area contributed by atoms with Crippen LogP contribution in [-0.2, 0) is 0 Å². The third-order valence-corrected chi connectivity index (χ3v) is 3.54. The molecule has 1 N–H and O–H groups in total. The van der Waals surface area contributed by atoms with Crippen LogP contribution in [-0.4, -0.2) is 5.11 Å². The van der Waals surface area contributed by atoms with Gasteiger partial charge in [-0.15, -0.1) is 0 Å². The zero-order valence-corrected chi connectivity index (χ0v) is 13.2. The molecule has 0 spiro atoms. The Morgan fingerprint density at radius 1 is 0.625 bits per heavy atom. The number of hydrogen-bond donors (Lipinski definition) is 1. The number of hydrogen-bond acceptors (Lipinski definition) is 2. The zero-order valence-electron chi connectivity index (χ0n) is 13.2. The normalized spacial score (nSPS) is 11.2. The molecule has 3 aromatic carbocycles. The number of ether oxygens (including phenoxy) is 1. The van der Waals surface area contributed by atoms with Crippen LogP contribution in [0.25, 0.3) is 18.2 Å². The highest BCUT2D eigenvalue weighted by Crippen LogP contribution is 2.30. The van der Waals surface area contributed by atoms with E-state index in [4.69, 9.17) is 4.74 Å². The fraction of sp³-hybridized carbons (Fsp3) is 0. The molecule has 0 unspecified atom stereocenters. The minimum Gasteiger partial charge on any atom is -0.507 e. The van der Waals surface area contributed by atoms with Gasteiger partial charge in [0.2, 0.25) is 0 Å². The summed E-state index contributed by atoms with van der Waals surface area (Å²) in [6.07, 6.45) is 7.32. The highest BCUT2D eigenvalue weighted by Gasteiger charge is 2.05. The second kappa shape index (κ2) is 7.84. The number of rotatable bonds is 5. The molecular weight excluding hydrogens is 296 g/mol. The lowest BCUT2D eigenvalue weighted by atomic mass is 10.1. The van der Waals surface area contributed by atoms with Crippen molar-refractivity contribution in [3.8, 4) is 11.5 Å². The molecule has 3 aromatic rings. The SMILES string of the molecule is Oc1cccc(OC=Cc2ccccc2)c1C=Cc1ccccc1. The van der Waals surface area contributed by atoms with Crippen molar-refractivity contribution in [3.63, 3.8) is 0 Å². The average Bonchev–Trinajstić information content (AvgIpc) is 2.63. The second-order valence-electron chi connectivity index (χ2n) is 5.26. The molecule has 2 nitrogen and oxygen atoms in total. The first-order valence-corrected chi connectivity index (χ1v) is 7.76. The Balaban J connectivity index is 1.80. The van der Waals surface area contributed by atoms with Gasteiger partial charge in [-0.1, -0.05) is 72.8 Å². The third-order valence-electron chi connectivity index (χ3n) is 3.54. The van der Waals surface area contributed by atoms with Crippen LogP contribution in [0.3, 0.4) is 0 Å². The van der Waals surface area contributed by atoms with Gasteiger partial charge in [0.25, 0.3) is 0 Å². The molecule has 0 atom stereocenters. The molecule has 2 heteroatoms. The fourth-order valence-corrected chi connectivity index (χ4v) is 2.30. The van der Waals surface area contributed by atoms with Gasteiger partial charge in [0, 0.05) is 0 Å². The standard InChI is InChI=1S/C22H18O2/c23-21-12-7-13-22(24-17-16-19-10-5-2-6-11-19)20(21)15-14-18-8-3-1-4-9-18/h1-17,23H. The topological polar surface area (TPSA) is 29.5 Å². The van der Waals surface area contributed by atoms with E-state index in [1.54, 1.807) is 18.4 Å². The van der Waals surface area contributed by atoms with Gasteiger partial charge in [-0.25, -0.2) is 0 Å². The lowest BCUT2D eigenvalue weighted by molar-refractivity contribution is 0.454. The lowest BCUT2D eigenvalue weighted by Crippen LogP contribution is -1.87. The summed E-state index contributed by atoms with van der Waals surface area (Å²) in [4.78, 5) is 0. The molecule has 0 amide bonds. The van der Waals surface area contributed by atoms with E-state index in [-0.39, 0.29) is 5.75 Å². The fourth-order valence-electron chi connectivity index (χ4n) is 2.30. The molecule has 0 saturated carbocycles. The lowest BCUT2D eigenvalue weighted by Gasteiger charge is -2.07. The van der Waals surface area contributed by atoms with Gasteiger partial charge in [0.15, 0.2) is 0 Å². The quantitative estimate of drug-likeness (QED) is 0.490. The summed E-state index contributed by atoms with van der Waals surface area (Å²) in [5.41, 5.74) is 2.77. The van der Waals surface area contributed by atoms with Gasteiger partial charge in [-0.3, -0.25) is 0 Å². The zero-order chi connectivity index (χ0) is 16.6. The molecule has 0 aliphatic rings. The number of benzene rings is 3. The summed E-state index contributed by atoms with van der Waals surface area (Å²) in [5, 5.41) is 10.1. The van der Waals surface area contributed by atoms with Gasteiger partial charge in [-0.2, -0.15) is 0 Å². The van der Waals surface area contributed by atoms with Crippen molar-refractivity contribution < 1.29 is 9.84 Å². The highest BCUT2D eigenvalue weighted by atomic mass is 16.5. The summed E-state index contributed by atoms with van der Waals surface area (Å²) in [6.45, 7) is 0. The van der Waals surface area contributed by atoms with Crippen molar-refractivity contribution in [3.05, 3.63) is 102 Å². The Hall–Kier alpha value is -3.26. The molecule has 0 bridgehead atoms. The summed E-state index contributed by atoms with van der Waals surface area (Å²) >= 11 is 0. The van der Waals surface area contributed by atoms with E-state index >= 15 is 0 Å². The summed E-state index contributed by atoms with van der Waals surface area (Å²) in [6, 6.07) is 25.1. The van der Waals surface area contributed by atoms with E-state index in [2.05, 4.69) is 0 Å². The third kappa shape index (κ3) is 4.14. The summed E-state index contributed by atoms with van der Waals surface area (Å²) in [5.74, 6) is 0.794. The molecule has 0 aliphatic heterocycles. The maximum atomic E-state index is 10.1. The first-order chi connectivity index (χ1) is 11.8. The maximum absolute atomic E-state index is 10.1. The van der Waals surface area contributed by atoms with Crippen molar-refractivity contribution in [1.29, 1.82) is 0 Å². The first-order valence-electron chi connectivity index (χ1n) is 7.76. The Bertz CT molecular complexity index is 834. The van der Waals surface area contributed by atoms with Crippen LogP contribution >= 0.6 is 0 Å². The van der Waals surface area contributed by atoms with Crippen molar-refractivity contribution in [2.24, 2.45) is 0 Å². The van der Waals surface area contributed by atoms with Gasteiger partial charge >= 0.3 is 0 Å². The van der Waals surface area contributed by atoms with E-state index < -0.39 is 0 Å². The van der Waals surface area contributed by atoms with E-state index in [1.807, 2.05) is 85.0 Å². The first kappa shape index (κ1) is 15.6. The number of phenolic OH excluding ortho intramolecular Hbond substituents is 1. The predicted molar refractivity (Wildman–Crippen MR) is 99.6 cm³/mol. The van der Waals surface area contributed by atoms with Crippen molar-refractivity contribution in [2.45, 2.75) is 0 Å². The Morgan fingerprint density at radius 3 is 1.92 bits per heavy atom. The molecule has 24 heavy (non-hydrogen) atoms. The van der Waals surface area contributed by atoms with Gasteiger partial charge in [0.1, 0.15) is 11.5 Å². The van der Waals surface area contributed by atoms with Crippen LogP contribution in [0.1, 0.15) is 16.7 Å². The van der Waals surface area contributed by atoms with E-state index in [0.717, 1.165) is 11.1 Å². The second-order valence-corrected chi connectivity index (χ2v) is 5.26. The van der Waals surface area contributed by atoms with E-state index in [1.165, 1.54) is 0 Å². The van der Waals surface area contributed by atoms with Crippen molar-refractivity contribution in [1.82, 2.24) is 0 Å². The Labute approximate surface area is 142 Å². The Morgan fingerprint density at radius 2 is 1.25 bits per heavy atom. The molecule has 118 valence electrons. The molecule has 0 heterocycles. The smallest absolute Gasteiger partial charge is 0.137 e. The van der Waals surface area contributed by atoms with Gasteiger partial charge < -0.3 is 9.84 Å². The van der Waals surface area contributed by atoms with Crippen molar-refractivity contribution in [2.75, 3.05) is 0 Å². The highest BCUT2D eigenvalue weighted by molar-refractivity contribution is 5.75. The number of phenols is 1. The maximum Gasteiger partial charge on any atom is 0.137 e. The van der Waals surface area contributed by atoms with Crippen LogP contribution < -0.4 is 4.74 Å². The summed E-state index contributed by atoms with van der Waals surface area (Å²) < 4.78 is 5.72. The average molecular weight is 314 g/mol. The minimum atomic E-state index is 0.188. The molecule has 0 aromatic heterocycles. The van der Waals surface area contributed by atoms with Crippen molar-refractivity contribution >= 4 is 18.2 Å². The van der Waals surface area contributed by atoms with Crippen LogP contribution in [0, 0.1) is 0 Å². The number of aromatic hydroxyl groups is 1. The molecule has 0 aliphatic carbocycles. The molecule has 0 radical (unpaired) electrons. The molecule has 0 saturated heterocycles. The van der Waals surface area contributed by atoms with Crippen LogP contribution in [0.4, 0.5) is 0 Å². The van der Waals surface area contributed by atoms with Gasteiger partial charge in [0.05, 0.1) is 11.8 Å². The predicted octanol–water partition coefficient (Wildman–Crippen LogP) is 5.61. The van der Waals surface area contributed by atoms with Crippen LogP contribution in [0.5, 0.6) is 11.5 Å². The summed E-state index contributed by atoms with van der Waals surface area (Å²) in [7, 11) is 0. The monoisotopic (exact) mass is 314 g/mol. The van der Waals surface area contributed by atoms with Gasteiger partial charge in [-0.05, 0) is 35.4 Å². The molecule has 0 fully saturated rings. The van der Waals surface area contributed by atoms with Crippen LogP contribution in [0.15, 0.2) is 85.1 Å². The molecule has 3 rings (SSSR count). The Kier molecular flexibility index (Phi) is 5.10. The van der Waals surface area contributed by atoms with E-state index in [9.17, 15) is 5.11 Å². The van der Waals surface area contributed by atoms with Crippen LogP contribution in [0.2, 0.25) is 0 Å². The molecular formula is C22H18O2. The minimum absolute atomic E-state index is 0.188. The van der Waals surface area contributed by atoms with E-state index in [0.29, 0.717) is 11.3 Å². The largest absolute Gasteiger partial charge is 0.507 e.